The molecule has 0 aliphatic carbocycles. The molecule has 0 N–H and O–H groups in total. The Balaban J connectivity index is 1.22. The van der Waals surface area contributed by atoms with Crippen LogP contribution in [0.15, 0.2) is 138 Å². The summed E-state index contributed by atoms with van der Waals surface area (Å²) in [4.78, 5) is 0. The normalized spacial score (nSPS) is 12.2. The van der Waals surface area contributed by atoms with Gasteiger partial charge in [0.05, 0.1) is 27.6 Å². The van der Waals surface area contributed by atoms with Crippen molar-refractivity contribution in [1.82, 2.24) is 19.2 Å². The molecule has 0 aliphatic heterocycles. The number of para-hydroxylation sites is 3. The third-order valence-electron chi connectivity index (χ3n) is 8.84. The zero-order valence-electron chi connectivity index (χ0n) is 22.9. The number of hydrogen-bond acceptors (Lipinski definition) is 3. The second kappa shape index (κ2) is 8.30. The van der Waals surface area contributed by atoms with E-state index in [1.807, 2.05) is 30.3 Å². The molecule has 4 aromatic heterocycles. The summed E-state index contributed by atoms with van der Waals surface area (Å²) in [6.07, 6.45) is 0. The van der Waals surface area contributed by atoms with Crippen LogP contribution < -0.4 is 0 Å². The summed E-state index contributed by atoms with van der Waals surface area (Å²) in [6, 6.07) is 47.6. The van der Waals surface area contributed by atoms with E-state index in [0.29, 0.717) is 11.9 Å². The minimum absolute atomic E-state index is 0.455. The highest BCUT2D eigenvalue weighted by molar-refractivity contribution is 6.24. The molecular formula is C38H22N4O. The standard InChI is InChI=1S/C38H22N4O/c1-2-10-23(11-3-1)37-39-40-38(43-37)42-34-17-9-4-12-26(34)29-20-24(18-19-35(29)42)25-21-30-27-13-5-7-15-32(27)41-33-16-8-6-14-28(33)31(22-25)36(30)41/h1-22H. The maximum atomic E-state index is 6.23. The van der Waals surface area contributed by atoms with Gasteiger partial charge in [0, 0.05) is 37.9 Å². The maximum Gasteiger partial charge on any atom is 0.327 e. The van der Waals surface area contributed by atoms with Gasteiger partial charge in [-0.3, -0.25) is 4.57 Å². The Morgan fingerprint density at radius 2 is 0.977 bits per heavy atom. The Hall–Kier alpha value is -5.94. The summed E-state index contributed by atoms with van der Waals surface area (Å²) in [6.45, 7) is 0. The van der Waals surface area contributed by atoms with Crippen molar-refractivity contribution >= 4 is 59.9 Å². The van der Waals surface area contributed by atoms with E-state index in [-0.39, 0.29) is 0 Å². The number of fused-ring (bicyclic) bond motifs is 9. The predicted octanol–water partition coefficient (Wildman–Crippen LogP) is 9.65. The van der Waals surface area contributed by atoms with Gasteiger partial charge in [0.25, 0.3) is 0 Å². The molecule has 0 bridgehead atoms. The van der Waals surface area contributed by atoms with Crippen molar-refractivity contribution in [2.24, 2.45) is 0 Å². The van der Waals surface area contributed by atoms with E-state index in [4.69, 9.17) is 4.42 Å². The highest BCUT2D eigenvalue weighted by Crippen LogP contribution is 2.42. The van der Waals surface area contributed by atoms with Gasteiger partial charge < -0.3 is 8.82 Å². The van der Waals surface area contributed by atoms with E-state index >= 15 is 0 Å². The molecule has 200 valence electrons. The van der Waals surface area contributed by atoms with Gasteiger partial charge in [-0.1, -0.05) is 84.0 Å². The van der Waals surface area contributed by atoms with Gasteiger partial charge in [0.15, 0.2) is 0 Å². The minimum Gasteiger partial charge on any atom is -0.403 e. The van der Waals surface area contributed by atoms with Crippen LogP contribution in [0.4, 0.5) is 0 Å². The lowest BCUT2D eigenvalue weighted by Crippen LogP contribution is -1.93. The van der Waals surface area contributed by atoms with Crippen LogP contribution in [0.1, 0.15) is 0 Å². The van der Waals surface area contributed by atoms with Crippen LogP contribution in [0.25, 0.3) is 88.5 Å². The molecule has 0 saturated carbocycles. The number of rotatable bonds is 3. The number of nitrogens with zero attached hydrogens (tertiary/aromatic N) is 4. The smallest absolute Gasteiger partial charge is 0.327 e. The fraction of sp³-hybridized carbons (Fsp3) is 0. The van der Waals surface area contributed by atoms with Crippen LogP contribution in [-0.2, 0) is 0 Å². The van der Waals surface area contributed by atoms with Crippen molar-refractivity contribution < 1.29 is 4.42 Å². The molecule has 5 heteroatoms. The van der Waals surface area contributed by atoms with Gasteiger partial charge in [0.1, 0.15) is 0 Å². The largest absolute Gasteiger partial charge is 0.403 e. The summed E-state index contributed by atoms with van der Waals surface area (Å²) < 4.78 is 10.7. The molecule has 5 nitrogen and oxygen atoms in total. The summed E-state index contributed by atoms with van der Waals surface area (Å²) in [5, 5.41) is 16.2. The van der Waals surface area contributed by atoms with E-state index in [9.17, 15) is 0 Å². The van der Waals surface area contributed by atoms with Crippen molar-refractivity contribution in [2.45, 2.75) is 0 Å². The third-order valence-corrected chi connectivity index (χ3v) is 8.84. The second-order valence-electron chi connectivity index (χ2n) is 11.1. The Labute approximate surface area is 245 Å². The monoisotopic (exact) mass is 550 g/mol. The molecule has 0 saturated heterocycles. The Morgan fingerprint density at radius 3 is 1.67 bits per heavy atom. The first kappa shape index (κ1) is 22.7. The molecule has 43 heavy (non-hydrogen) atoms. The summed E-state index contributed by atoms with van der Waals surface area (Å²) >= 11 is 0. The van der Waals surface area contributed by atoms with Gasteiger partial charge in [-0.05, 0) is 65.7 Å². The average molecular weight is 551 g/mol. The molecule has 0 radical (unpaired) electrons. The van der Waals surface area contributed by atoms with E-state index in [2.05, 4.69) is 122 Å². The van der Waals surface area contributed by atoms with Crippen LogP contribution in [0.2, 0.25) is 0 Å². The quantitative estimate of drug-likeness (QED) is 0.220. The van der Waals surface area contributed by atoms with Crippen molar-refractivity contribution in [3.8, 4) is 28.6 Å². The van der Waals surface area contributed by atoms with Crippen LogP contribution in [-0.4, -0.2) is 19.2 Å². The van der Waals surface area contributed by atoms with Crippen molar-refractivity contribution in [3.05, 3.63) is 133 Å². The Morgan fingerprint density at radius 1 is 0.419 bits per heavy atom. The molecule has 0 spiro atoms. The first-order valence-electron chi connectivity index (χ1n) is 14.4. The van der Waals surface area contributed by atoms with Crippen molar-refractivity contribution in [1.29, 1.82) is 0 Å². The Bertz CT molecular complexity index is 2590. The van der Waals surface area contributed by atoms with E-state index < -0.39 is 0 Å². The fourth-order valence-electron chi connectivity index (χ4n) is 6.98. The molecule has 0 unspecified atom stereocenters. The zero-order valence-corrected chi connectivity index (χ0v) is 22.9. The highest BCUT2D eigenvalue weighted by Gasteiger charge is 2.20. The lowest BCUT2D eigenvalue weighted by atomic mass is 9.98. The van der Waals surface area contributed by atoms with Crippen LogP contribution in [0.5, 0.6) is 0 Å². The summed E-state index contributed by atoms with van der Waals surface area (Å²) in [5.41, 5.74) is 9.10. The minimum atomic E-state index is 0.455. The first-order valence-corrected chi connectivity index (χ1v) is 14.4. The maximum absolute atomic E-state index is 6.23. The molecular weight excluding hydrogens is 528 g/mol. The lowest BCUT2D eigenvalue weighted by molar-refractivity contribution is 0.546. The van der Waals surface area contributed by atoms with Gasteiger partial charge in [0.2, 0.25) is 5.89 Å². The fourth-order valence-corrected chi connectivity index (χ4v) is 6.98. The molecule has 10 rings (SSSR count). The molecule has 6 aromatic carbocycles. The number of benzene rings is 6. The van der Waals surface area contributed by atoms with Gasteiger partial charge >= 0.3 is 6.01 Å². The van der Waals surface area contributed by atoms with Crippen LogP contribution >= 0.6 is 0 Å². The molecule has 0 atom stereocenters. The van der Waals surface area contributed by atoms with E-state index in [1.165, 1.54) is 49.2 Å². The second-order valence-corrected chi connectivity index (χ2v) is 11.1. The lowest BCUT2D eigenvalue weighted by Gasteiger charge is -2.06. The molecule has 0 aliphatic rings. The first-order chi connectivity index (χ1) is 21.3. The van der Waals surface area contributed by atoms with Gasteiger partial charge in [-0.15, -0.1) is 5.10 Å². The van der Waals surface area contributed by atoms with Crippen molar-refractivity contribution in [2.75, 3.05) is 0 Å². The summed E-state index contributed by atoms with van der Waals surface area (Å²) in [7, 11) is 0. The van der Waals surface area contributed by atoms with Crippen molar-refractivity contribution in [3.63, 3.8) is 0 Å². The average Bonchev–Trinajstić information content (AvgIpc) is 3.84. The van der Waals surface area contributed by atoms with E-state index in [0.717, 1.165) is 27.4 Å². The molecule has 10 aromatic rings. The SMILES string of the molecule is c1ccc(-c2nnc(-n3c4ccccc4c4cc(-c5cc6c7ccccc7n7c8ccccc8c(c5)c67)ccc43)o2)cc1. The van der Waals surface area contributed by atoms with Crippen LogP contribution in [0, 0.1) is 0 Å². The topological polar surface area (TPSA) is 48.3 Å². The Kier molecular flexibility index (Phi) is 4.39. The summed E-state index contributed by atoms with van der Waals surface area (Å²) in [5.74, 6) is 0.504. The van der Waals surface area contributed by atoms with Crippen LogP contribution in [0.3, 0.4) is 0 Å². The molecule has 0 fully saturated rings. The number of hydrogen-bond donors (Lipinski definition) is 0. The third kappa shape index (κ3) is 3.05. The van der Waals surface area contributed by atoms with E-state index in [1.54, 1.807) is 0 Å². The molecule has 4 heterocycles. The zero-order chi connectivity index (χ0) is 28.1. The van der Waals surface area contributed by atoms with Gasteiger partial charge in [-0.2, -0.15) is 0 Å². The molecule has 0 amide bonds. The van der Waals surface area contributed by atoms with Gasteiger partial charge in [-0.25, -0.2) is 0 Å². The number of aromatic nitrogens is 4. The predicted molar refractivity (Wildman–Crippen MR) is 174 cm³/mol. The highest BCUT2D eigenvalue weighted by atomic mass is 16.4.